The van der Waals surface area contributed by atoms with Gasteiger partial charge in [-0.3, -0.25) is 4.79 Å². The van der Waals surface area contributed by atoms with E-state index >= 15 is 0 Å². The van der Waals surface area contributed by atoms with Crippen LogP contribution in [-0.4, -0.2) is 74.2 Å². The molecule has 2 saturated heterocycles. The molecule has 1 saturated carbocycles. The summed E-state index contributed by atoms with van der Waals surface area (Å²) in [6, 6.07) is 7.16. The van der Waals surface area contributed by atoms with Gasteiger partial charge in [0.25, 0.3) is 0 Å². The molecule has 0 atom stereocenters. The molecule has 33 heavy (non-hydrogen) atoms. The van der Waals surface area contributed by atoms with Crippen molar-refractivity contribution in [1.82, 2.24) is 14.1 Å². The van der Waals surface area contributed by atoms with Gasteiger partial charge in [0.05, 0.1) is 4.90 Å². The van der Waals surface area contributed by atoms with E-state index < -0.39 is 10.0 Å². The molecule has 2 aliphatic heterocycles. The van der Waals surface area contributed by atoms with Gasteiger partial charge in [0.15, 0.2) is 0 Å². The second-order valence-corrected chi connectivity index (χ2v) is 12.1. The maximum Gasteiger partial charge on any atom is 0.243 e. The zero-order valence-electron chi connectivity index (χ0n) is 20.1. The van der Waals surface area contributed by atoms with Crippen LogP contribution in [0, 0.1) is 5.92 Å². The van der Waals surface area contributed by atoms with Crippen molar-refractivity contribution in [3.8, 4) is 0 Å². The van der Waals surface area contributed by atoms with Crippen LogP contribution in [0.3, 0.4) is 0 Å². The molecule has 0 bridgehead atoms. The van der Waals surface area contributed by atoms with Crippen LogP contribution >= 0.6 is 0 Å². The largest absolute Gasteiger partial charge is 0.341 e. The number of sulfonamides is 1. The maximum atomic E-state index is 12.9. The summed E-state index contributed by atoms with van der Waals surface area (Å²) in [6.07, 6.45) is 12.1. The van der Waals surface area contributed by atoms with Gasteiger partial charge in [0.2, 0.25) is 15.9 Å². The van der Waals surface area contributed by atoms with E-state index in [2.05, 4.69) is 4.90 Å². The van der Waals surface area contributed by atoms with Gasteiger partial charge in [-0.05, 0) is 68.7 Å². The summed E-state index contributed by atoms with van der Waals surface area (Å²) < 4.78 is 27.2. The number of nitrogens with zero attached hydrogens (tertiary/aromatic N) is 3. The highest BCUT2D eigenvalue weighted by Crippen LogP contribution is 2.25. The Morgan fingerprint density at radius 1 is 0.788 bits per heavy atom. The van der Waals surface area contributed by atoms with Gasteiger partial charge in [-0.2, -0.15) is 4.31 Å². The summed E-state index contributed by atoms with van der Waals surface area (Å²) in [5.74, 6) is 1.07. The van der Waals surface area contributed by atoms with E-state index in [1.807, 2.05) is 17.0 Å². The highest BCUT2D eigenvalue weighted by molar-refractivity contribution is 7.89. The molecule has 184 valence electrons. The monoisotopic (exact) mass is 475 g/mol. The van der Waals surface area contributed by atoms with Crippen molar-refractivity contribution < 1.29 is 13.2 Å². The molecule has 7 heteroatoms. The van der Waals surface area contributed by atoms with Gasteiger partial charge in [-0.25, -0.2) is 8.42 Å². The standard InChI is InChI=1S/C26H41N3O3S/c30-26(28-17-7-16-27(20-21-28)22-24-8-3-1-4-9-24)15-12-23-10-13-25(14-11-23)33(31,32)29-18-5-2-6-19-29/h10-11,13-14,24H,1-9,12,15-22H2. The SMILES string of the molecule is O=C(CCc1ccc(S(=O)(=O)N2CCCCC2)cc1)N1CCCN(CC2CCCCC2)CC1. The van der Waals surface area contributed by atoms with Crippen molar-refractivity contribution in [2.45, 2.75) is 75.5 Å². The lowest BCUT2D eigenvalue weighted by Crippen LogP contribution is -2.37. The molecule has 0 spiro atoms. The average Bonchev–Trinajstić information content (AvgIpc) is 3.09. The van der Waals surface area contributed by atoms with E-state index in [0.29, 0.717) is 30.8 Å². The zero-order chi connectivity index (χ0) is 23.1. The molecule has 3 fully saturated rings. The number of rotatable bonds is 7. The minimum Gasteiger partial charge on any atom is -0.341 e. The molecular formula is C26H41N3O3S. The Labute approximate surface area is 200 Å². The molecule has 1 amide bonds. The first kappa shape index (κ1) is 24.7. The fourth-order valence-electron chi connectivity index (χ4n) is 5.63. The molecule has 0 N–H and O–H groups in total. The van der Waals surface area contributed by atoms with Crippen LogP contribution in [-0.2, 0) is 21.2 Å². The highest BCUT2D eigenvalue weighted by Gasteiger charge is 2.26. The third kappa shape index (κ3) is 6.80. The van der Waals surface area contributed by atoms with E-state index in [4.69, 9.17) is 0 Å². The second-order valence-electron chi connectivity index (χ2n) is 10.1. The Hall–Kier alpha value is -1.44. The fraction of sp³-hybridized carbons (Fsp3) is 0.731. The minimum absolute atomic E-state index is 0.222. The van der Waals surface area contributed by atoms with E-state index in [1.54, 1.807) is 16.4 Å². The Bertz CT molecular complexity index is 859. The molecule has 1 aliphatic carbocycles. The smallest absolute Gasteiger partial charge is 0.243 e. The van der Waals surface area contributed by atoms with Crippen LogP contribution in [0.4, 0.5) is 0 Å². The fourth-order valence-corrected chi connectivity index (χ4v) is 7.15. The van der Waals surface area contributed by atoms with Crippen LogP contribution < -0.4 is 0 Å². The van der Waals surface area contributed by atoms with Crippen molar-refractivity contribution in [3.63, 3.8) is 0 Å². The molecule has 0 aromatic heterocycles. The first-order chi connectivity index (χ1) is 16.0. The number of hydrogen-bond acceptors (Lipinski definition) is 4. The molecule has 0 unspecified atom stereocenters. The summed E-state index contributed by atoms with van der Waals surface area (Å²) in [5, 5.41) is 0. The van der Waals surface area contributed by atoms with Gasteiger partial charge in [-0.1, -0.05) is 37.8 Å². The maximum absolute atomic E-state index is 12.9. The lowest BCUT2D eigenvalue weighted by atomic mass is 9.89. The highest BCUT2D eigenvalue weighted by atomic mass is 32.2. The summed E-state index contributed by atoms with van der Waals surface area (Å²) in [5.41, 5.74) is 1.02. The Morgan fingerprint density at radius 3 is 2.21 bits per heavy atom. The number of hydrogen-bond donors (Lipinski definition) is 0. The van der Waals surface area contributed by atoms with Crippen molar-refractivity contribution in [2.24, 2.45) is 5.92 Å². The van der Waals surface area contributed by atoms with Crippen molar-refractivity contribution in [1.29, 1.82) is 0 Å². The predicted octanol–water partition coefficient (Wildman–Crippen LogP) is 3.91. The lowest BCUT2D eigenvalue weighted by molar-refractivity contribution is -0.131. The van der Waals surface area contributed by atoms with E-state index in [-0.39, 0.29) is 5.91 Å². The molecule has 3 aliphatic rings. The third-order valence-corrected chi connectivity index (χ3v) is 9.60. The van der Waals surface area contributed by atoms with E-state index in [1.165, 1.54) is 38.6 Å². The first-order valence-corrected chi connectivity index (χ1v) is 14.6. The van der Waals surface area contributed by atoms with Crippen LogP contribution in [0.5, 0.6) is 0 Å². The number of benzene rings is 1. The number of piperidine rings is 1. The Morgan fingerprint density at radius 2 is 1.48 bits per heavy atom. The van der Waals surface area contributed by atoms with Crippen LogP contribution in [0.25, 0.3) is 0 Å². The summed E-state index contributed by atoms with van der Waals surface area (Å²) in [7, 11) is -3.39. The number of carbonyl (C=O) groups is 1. The molecule has 6 nitrogen and oxygen atoms in total. The summed E-state index contributed by atoms with van der Waals surface area (Å²) in [6.45, 7) is 6.22. The van der Waals surface area contributed by atoms with Crippen molar-refractivity contribution in [3.05, 3.63) is 29.8 Å². The molecule has 1 aromatic rings. The predicted molar refractivity (Wildman–Crippen MR) is 132 cm³/mol. The Kier molecular flexibility index (Phi) is 8.83. The van der Waals surface area contributed by atoms with Crippen LogP contribution in [0.2, 0.25) is 0 Å². The zero-order valence-corrected chi connectivity index (χ0v) is 20.9. The minimum atomic E-state index is -3.39. The molecular weight excluding hydrogens is 434 g/mol. The van der Waals surface area contributed by atoms with Crippen molar-refractivity contribution >= 4 is 15.9 Å². The van der Waals surface area contributed by atoms with Gasteiger partial charge in [0.1, 0.15) is 0 Å². The molecule has 0 radical (unpaired) electrons. The van der Waals surface area contributed by atoms with E-state index in [0.717, 1.165) is 63.3 Å². The second kappa shape index (κ2) is 11.8. The van der Waals surface area contributed by atoms with Crippen LogP contribution in [0.1, 0.15) is 69.8 Å². The van der Waals surface area contributed by atoms with Crippen LogP contribution in [0.15, 0.2) is 29.2 Å². The molecule has 2 heterocycles. The molecule has 4 rings (SSSR count). The topological polar surface area (TPSA) is 60.9 Å². The van der Waals surface area contributed by atoms with Gasteiger partial charge in [0, 0.05) is 45.7 Å². The lowest BCUT2D eigenvalue weighted by Gasteiger charge is -2.28. The van der Waals surface area contributed by atoms with Crippen molar-refractivity contribution in [2.75, 3.05) is 45.8 Å². The first-order valence-electron chi connectivity index (χ1n) is 13.1. The number of aryl methyl sites for hydroxylation is 1. The third-order valence-electron chi connectivity index (χ3n) is 7.69. The molecule has 1 aromatic carbocycles. The Balaban J connectivity index is 1.23. The normalized spacial score (nSPS) is 22.2. The summed E-state index contributed by atoms with van der Waals surface area (Å²) >= 11 is 0. The average molecular weight is 476 g/mol. The quantitative estimate of drug-likeness (QED) is 0.600. The van der Waals surface area contributed by atoms with E-state index in [9.17, 15) is 13.2 Å². The number of amides is 1. The van der Waals surface area contributed by atoms with Gasteiger partial charge < -0.3 is 9.80 Å². The van der Waals surface area contributed by atoms with Gasteiger partial charge >= 0.3 is 0 Å². The summed E-state index contributed by atoms with van der Waals surface area (Å²) in [4.78, 5) is 17.8. The van der Waals surface area contributed by atoms with Gasteiger partial charge in [-0.15, -0.1) is 0 Å². The number of carbonyl (C=O) groups excluding carboxylic acids is 1.